The van der Waals surface area contributed by atoms with Crippen molar-refractivity contribution in [3.05, 3.63) is 63.4 Å². The number of amides is 2. The van der Waals surface area contributed by atoms with Gasteiger partial charge < -0.3 is 15.0 Å². The summed E-state index contributed by atoms with van der Waals surface area (Å²) in [6.07, 6.45) is 0.452. The molecule has 5 nitrogen and oxygen atoms in total. The lowest BCUT2D eigenvalue weighted by Crippen LogP contribution is -2.50. The third kappa shape index (κ3) is 7.33. The highest BCUT2D eigenvalue weighted by Gasteiger charge is 2.29. The van der Waals surface area contributed by atoms with E-state index in [4.69, 9.17) is 4.74 Å². The van der Waals surface area contributed by atoms with Gasteiger partial charge in [-0.3, -0.25) is 9.59 Å². The highest BCUT2D eigenvalue weighted by Crippen LogP contribution is 2.26. The number of rotatable bonds is 10. The van der Waals surface area contributed by atoms with Crippen LogP contribution in [0.5, 0.6) is 5.75 Å². The minimum Gasteiger partial charge on any atom is -0.484 e. The first-order valence-corrected chi connectivity index (χ1v) is 11.6. The lowest BCUT2D eigenvalue weighted by Gasteiger charge is -2.31. The Kier molecular flexibility index (Phi) is 9.69. The van der Waals surface area contributed by atoms with Crippen LogP contribution < -0.4 is 10.1 Å². The van der Waals surface area contributed by atoms with Crippen molar-refractivity contribution >= 4 is 27.7 Å². The maximum atomic E-state index is 13.3. The Hall–Kier alpha value is -2.41. The number of aryl methyl sites for hydroxylation is 2. The van der Waals surface area contributed by atoms with Crippen LogP contribution in [0, 0.1) is 25.6 Å². The highest BCUT2D eigenvalue weighted by molar-refractivity contribution is 9.10. The van der Waals surface area contributed by atoms with E-state index in [2.05, 4.69) is 21.2 Å². The van der Waals surface area contributed by atoms with Gasteiger partial charge in [0.2, 0.25) is 5.91 Å². The maximum absolute atomic E-state index is 13.3. The van der Waals surface area contributed by atoms with Gasteiger partial charge in [0.05, 0.1) is 0 Å². The number of halogens is 2. The van der Waals surface area contributed by atoms with Gasteiger partial charge in [0.15, 0.2) is 6.61 Å². The van der Waals surface area contributed by atoms with Crippen LogP contribution in [0.4, 0.5) is 4.39 Å². The molecule has 0 heterocycles. The molecule has 0 fully saturated rings. The predicted molar refractivity (Wildman–Crippen MR) is 128 cm³/mol. The molecule has 0 aromatic heterocycles. The van der Waals surface area contributed by atoms with Crippen molar-refractivity contribution in [1.29, 1.82) is 0 Å². The molecular formula is C25H32BrFN2O3. The predicted octanol–water partition coefficient (Wildman–Crippen LogP) is 5.16. The molecule has 0 aliphatic carbocycles. The van der Waals surface area contributed by atoms with Crippen LogP contribution in [0.25, 0.3) is 0 Å². The lowest BCUT2D eigenvalue weighted by atomic mass is 10.1. The van der Waals surface area contributed by atoms with Gasteiger partial charge in [-0.15, -0.1) is 0 Å². The second-order valence-corrected chi connectivity index (χ2v) is 9.16. The second-order valence-electron chi connectivity index (χ2n) is 8.37. The molecule has 0 aliphatic heterocycles. The van der Waals surface area contributed by atoms with Gasteiger partial charge in [0, 0.05) is 17.6 Å². The Morgan fingerprint density at radius 1 is 1.12 bits per heavy atom. The molecule has 2 rings (SSSR count). The first-order chi connectivity index (χ1) is 15.1. The van der Waals surface area contributed by atoms with Crippen LogP contribution >= 0.6 is 15.9 Å². The van der Waals surface area contributed by atoms with Crippen molar-refractivity contribution in [3.8, 4) is 5.75 Å². The molecule has 0 unspecified atom stereocenters. The van der Waals surface area contributed by atoms with E-state index >= 15 is 0 Å². The summed E-state index contributed by atoms with van der Waals surface area (Å²) in [5, 5.41) is 2.92. The number of benzene rings is 2. The van der Waals surface area contributed by atoms with E-state index in [0.29, 0.717) is 24.6 Å². The van der Waals surface area contributed by atoms with Crippen LogP contribution in [0.3, 0.4) is 0 Å². The fourth-order valence-electron chi connectivity index (χ4n) is 3.35. The zero-order chi connectivity index (χ0) is 23.8. The van der Waals surface area contributed by atoms with E-state index in [1.165, 1.54) is 17.0 Å². The van der Waals surface area contributed by atoms with Gasteiger partial charge in [0.25, 0.3) is 5.91 Å². The monoisotopic (exact) mass is 506 g/mol. The van der Waals surface area contributed by atoms with E-state index in [1.54, 1.807) is 12.1 Å². The molecule has 0 aliphatic rings. The molecule has 1 atom stereocenters. The van der Waals surface area contributed by atoms with Crippen LogP contribution in [0.1, 0.15) is 43.9 Å². The normalized spacial score (nSPS) is 11.9. The average Bonchev–Trinajstić information content (AvgIpc) is 2.75. The number of nitrogens with one attached hydrogen (secondary N) is 1. The Labute approximate surface area is 198 Å². The van der Waals surface area contributed by atoms with E-state index < -0.39 is 6.04 Å². The summed E-state index contributed by atoms with van der Waals surface area (Å²) >= 11 is 3.53. The van der Waals surface area contributed by atoms with E-state index in [9.17, 15) is 14.0 Å². The molecule has 0 radical (unpaired) electrons. The Balaban J connectivity index is 2.22. The molecule has 0 saturated carbocycles. The first-order valence-electron chi connectivity index (χ1n) is 10.8. The van der Waals surface area contributed by atoms with Crippen LogP contribution in [-0.4, -0.2) is 35.9 Å². The van der Waals surface area contributed by atoms with Gasteiger partial charge >= 0.3 is 0 Å². The molecule has 0 bridgehead atoms. The summed E-state index contributed by atoms with van der Waals surface area (Å²) in [4.78, 5) is 27.6. The van der Waals surface area contributed by atoms with E-state index in [1.807, 2.05) is 46.8 Å². The first kappa shape index (κ1) is 25.8. The number of ether oxygens (including phenoxy) is 1. The van der Waals surface area contributed by atoms with Crippen molar-refractivity contribution < 1.29 is 18.7 Å². The summed E-state index contributed by atoms with van der Waals surface area (Å²) in [5.74, 6) is 0.0317. The molecule has 0 spiro atoms. The maximum Gasteiger partial charge on any atom is 0.261 e. The number of carbonyl (C=O) groups excluding carboxylic acids is 2. The molecular weight excluding hydrogens is 475 g/mol. The Morgan fingerprint density at radius 2 is 1.72 bits per heavy atom. The molecule has 7 heteroatoms. The Bertz CT molecular complexity index is 908. The van der Waals surface area contributed by atoms with Crippen LogP contribution in [-0.2, 0) is 16.1 Å². The van der Waals surface area contributed by atoms with Gasteiger partial charge in [-0.25, -0.2) is 4.39 Å². The fourth-order valence-corrected chi connectivity index (χ4v) is 3.57. The quantitative estimate of drug-likeness (QED) is 0.483. The minimum atomic E-state index is -0.650. The minimum absolute atomic E-state index is 0.189. The third-order valence-corrected chi connectivity index (χ3v) is 6.36. The largest absolute Gasteiger partial charge is 0.484 e. The van der Waals surface area contributed by atoms with E-state index in [0.717, 1.165) is 21.2 Å². The van der Waals surface area contributed by atoms with Crippen molar-refractivity contribution in [2.24, 2.45) is 5.92 Å². The summed E-state index contributed by atoms with van der Waals surface area (Å²) in [7, 11) is 0. The topological polar surface area (TPSA) is 58.6 Å². The number of nitrogens with zero attached hydrogens (tertiary/aromatic N) is 1. The highest BCUT2D eigenvalue weighted by atomic mass is 79.9. The average molecular weight is 507 g/mol. The van der Waals surface area contributed by atoms with Crippen molar-refractivity contribution in [2.75, 3.05) is 13.2 Å². The number of hydrogen-bond acceptors (Lipinski definition) is 3. The zero-order valence-corrected chi connectivity index (χ0v) is 21.0. The molecule has 0 saturated heterocycles. The third-order valence-electron chi connectivity index (χ3n) is 5.11. The van der Waals surface area contributed by atoms with Gasteiger partial charge in [-0.2, -0.15) is 0 Å². The molecule has 2 aromatic rings. The summed E-state index contributed by atoms with van der Waals surface area (Å²) in [5.41, 5.74) is 2.76. The molecule has 1 N–H and O–H groups in total. The summed E-state index contributed by atoms with van der Waals surface area (Å²) in [6, 6.07) is 9.02. The summed E-state index contributed by atoms with van der Waals surface area (Å²) < 4.78 is 20.1. The molecule has 2 aromatic carbocycles. The molecule has 174 valence electrons. The van der Waals surface area contributed by atoms with Gasteiger partial charge in [0.1, 0.15) is 17.6 Å². The summed E-state index contributed by atoms with van der Waals surface area (Å²) in [6.45, 7) is 10.3. The van der Waals surface area contributed by atoms with E-state index in [-0.39, 0.29) is 30.8 Å². The van der Waals surface area contributed by atoms with Crippen LogP contribution in [0.2, 0.25) is 0 Å². The van der Waals surface area contributed by atoms with Gasteiger partial charge in [-0.1, -0.05) is 48.8 Å². The standard InChI is InChI=1S/C25H32BrFN2O3/c1-6-22(25(31)28-13-16(2)3)29(14-19-7-9-20(27)10-8-19)23(30)15-32-21-11-17(4)24(26)18(5)12-21/h7-12,16,22H,6,13-15H2,1-5H3,(H,28,31)/t22-/m1/s1. The van der Waals surface area contributed by atoms with Crippen molar-refractivity contribution in [3.63, 3.8) is 0 Å². The lowest BCUT2D eigenvalue weighted by molar-refractivity contribution is -0.143. The smallest absolute Gasteiger partial charge is 0.261 e. The molecule has 2 amide bonds. The Morgan fingerprint density at radius 3 is 2.25 bits per heavy atom. The number of hydrogen-bond donors (Lipinski definition) is 1. The van der Waals surface area contributed by atoms with Crippen molar-refractivity contribution in [2.45, 2.75) is 53.6 Å². The van der Waals surface area contributed by atoms with Crippen molar-refractivity contribution in [1.82, 2.24) is 10.2 Å². The molecule has 32 heavy (non-hydrogen) atoms. The second kappa shape index (κ2) is 12.0. The number of carbonyl (C=O) groups is 2. The van der Waals surface area contributed by atoms with Gasteiger partial charge in [-0.05, 0) is 67.1 Å². The zero-order valence-electron chi connectivity index (χ0n) is 19.4. The van der Waals surface area contributed by atoms with Crippen LogP contribution in [0.15, 0.2) is 40.9 Å². The SMILES string of the molecule is CC[C@H](C(=O)NCC(C)C)N(Cc1ccc(F)cc1)C(=O)COc1cc(C)c(Br)c(C)c1. The fraction of sp³-hybridized carbons (Fsp3) is 0.440.